The minimum atomic E-state index is -0.470. The summed E-state index contributed by atoms with van der Waals surface area (Å²) >= 11 is 0. The molecular formula is C18H18N4O4. The molecule has 0 aliphatic carbocycles. The Kier molecular flexibility index (Phi) is 4.57. The van der Waals surface area contributed by atoms with Crippen molar-refractivity contribution >= 4 is 22.6 Å². The third-order valence-electron chi connectivity index (χ3n) is 4.03. The minimum Gasteiger partial charge on any atom is -0.483 e. The summed E-state index contributed by atoms with van der Waals surface area (Å²) in [6.07, 6.45) is 1.40. The zero-order valence-corrected chi connectivity index (χ0v) is 14.6. The van der Waals surface area contributed by atoms with Gasteiger partial charge in [-0.3, -0.25) is 18.7 Å². The highest BCUT2D eigenvalue weighted by Gasteiger charge is 2.12. The molecule has 1 aromatic carbocycles. The highest BCUT2D eigenvalue weighted by atomic mass is 16.5. The second kappa shape index (κ2) is 6.83. The fraction of sp³-hybridized carbons (Fsp3) is 0.222. The standard InChI is InChI=1S/C18H18N4O4/c1-11-6-4-5-7-14(11)26-10-15(23)20-12-8-13-16(19-9-12)21(2)18(25)22(3)17(13)24/h4-9H,10H2,1-3H3,(H,20,23). The molecule has 0 atom stereocenters. The van der Waals surface area contributed by atoms with E-state index in [1.165, 1.54) is 30.9 Å². The maximum absolute atomic E-state index is 12.3. The van der Waals surface area contributed by atoms with E-state index in [0.29, 0.717) is 11.4 Å². The highest BCUT2D eigenvalue weighted by Crippen LogP contribution is 2.16. The molecule has 26 heavy (non-hydrogen) atoms. The molecule has 0 saturated heterocycles. The Morgan fingerprint density at radius 2 is 1.92 bits per heavy atom. The number of nitrogens with one attached hydrogen (secondary N) is 1. The van der Waals surface area contributed by atoms with Crippen LogP contribution in [0.25, 0.3) is 11.0 Å². The number of fused-ring (bicyclic) bond motifs is 1. The first-order chi connectivity index (χ1) is 12.4. The van der Waals surface area contributed by atoms with Crippen molar-refractivity contribution in [3.63, 3.8) is 0 Å². The van der Waals surface area contributed by atoms with E-state index < -0.39 is 11.2 Å². The Bertz CT molecular complexity index is 1110. The van der Waals surface area contributed by atoms with Crippen LogP contribution in [0, 0.1) is 6.92 Å². The quantitative estimate of drug-likeness (QED) is 0.753. The van der Waals surface area contributed by atoms with Gasteiger partial charge in [0.2, 0.25) is 0 Å². The van der Waals surface area contributed by atoms with Gasteiger partial charge in [0.1, 0.15) is 11.4 Å². The molecule has 8 nitrogen and oxygen atoms in total. The second-order valence-electron chi connectivity index (χ2n) is 5.90. The van der Waals surface area contributed by atoms with Gasteiger partial charge in [-0.2, -0.15) is 0 Å². The molecule has 0 aliphatic rings. The first-order valence-corrected chi connectivity index (χ1v) is 7.92. The number of benzene rings is 1. The summed E-state index contributed by atoms with van der Waals surface area (Å²) in [7, 11) is 2.93. The van der Waals surface area contributed by atoms with Crippen LogP contribution in [0.3, 0.4) is 0 Å². The number of aryl methyl sites for hydroxylation is 2. The van der Waals surface area contributed by atoms with E-state index in [0.717, 1.165) is 10.1 Å². The van der Waals surface area contributed by atoms with Crippen molar-refractivity contribution in [2.24, 2.45) is 14.1 Å². The van der Waals surface area contributed by atoms with Gasteiger partial charge in [0, 0.05) is 14.1 Å². The Morgan fingerprint density at radius 1 is 1.19 bits per heavy atom. The maximum Gasteiger partial charge on any atom is 0.332 e. The van der Waals surface area contributed by atoms with Crippen LogP contribution in [0.2, 0.25) is 0 Å². The molecule has 0 saturated carbocycles. The molecule has 0 bridgehead atoms. The Hall–Kier alpha value is -3.42. The minimum absolute atomic E-state index is 0.172. The molecule has 2 aromatic heterocycles. The Morgan fingerprint density at radius 3 is 2.65 bits per heavy atom. The summed E-state index contributed by atoms with van der Waals surface area (Å²) in [5.41, 5.74) is 0.609. The van der Waals surface area contributed by atoms with E-state index >= 15 is 0 Å². The lowest BCUT2D eigenvalue weighted by atomic mass is 10.2. The number of aromatic nitrogens is 3. The average molecular weight is 354 g/mol. The summed E-state index contributed by atoms with van der Waals surface area (Å²) in [6, 6.07) is 8.88. The van der Waals surface area contributed by atoms with E-state index in [1.807, 2.05) is 25.1 Å². The van der Waals surface area contributed by atoms with Crippen LogP contribution in [-0.2, 0) is 18.9 Å². The van der Waals surface area contributed by atoms with Crippen LogP contribution < -0.4 is 21.3 Å². The van der Waals surface area contributed by atoms with Gasteiger partial charge in [-0.15, -0.1) is 0 Å². The first kappa shape index (κ1) is 17.4. The summed E-state index contributed by atoms with van der Waals surface area (Å²) < 4.78 is 7.77. The van der Waals surface area contributed by atoms with Gasteiger partial charge in [-0.05, 0) is 24.6 Å². The van der Waals surface area contributed by atoms with E-state index in [4.69, 9.17) is 4.74 Å². The molecule has 0 unspecified atom stereocenters. The highest BCUT2D eigenvalue weighted by molar-refractivity contribution is 5.93. The number of nitrogens with zero attached hydrogens (tertiary/aromatic N) is 3. The molecule has 134 valence electrons. The van der Waals surface area contributed by atoms with E-state index in [-0.39, 0.29) is 23.5 Å². The lowest BCUT2D eigenvalue weighted by Gasteiger charge is -2.10. The van der Waals surface area contributed by atoms with Gasteiger partial charge in [0.15, 0.2) is 6.61 Å². The van der Waals surface area contributed by atoms with Crippen LogP contribution in [0.5, 0.6) is 5.75 Å². The molecular weight excluding hydrogens is 336 g/mol. The fourth-order valence-electron chi connectivity index (χ4n) is 2.59. The Labute approximate surface area is 148 Å². The van der Waals surface area contributed by atoms with Crippen LogP contribution in [0.1, 0.15) is 5.56 Å². The molecule has 0 fully saturated rings. The fourth-order valence-corrected chi connectivity index (χ4v) is 2.59. The third kappa shape index (κ3) is 3.21. The lowest BCUT2D eigenvalue weighted by Crippen LogP contribution is -2.37. The molecule has 0 aliphatic heterocycles. The van der Waals surface area contributed by atoms with Crippen LogP contribution in [0.15, 0.2) is 46.1 Å². The number of pyridine rings is 1. The number of hydrogen-bond acceptors (Lipinski definition) is 5. The maximum atomic E-state index is 12.3. The number of amides is 1. The van der Waals surface area contributed by atoms with Gasteiger partial charge in [0.05, 0.1) is 17.3 Å². The van der Waals surface area contributed by atoms with Crippen molar-refractivity contribution < 1.29 is 9.53 Å². The van der Waals surface area contributed by atoms with Gasteiger partial charge in [0.25, 0.3) is 11.5 Å². The van der Waals surface area contributed by atoms with Gasteiger partial charge in [-0.1, -0.05) is 18.2 Å². The summed E-state index contributed by atoms with van der Waals surface area (Å²) in [5, 5.41) is 2.89. The van der Waals surface area contributed by atoms with E-state index in [2.05, 4.69) is 10.3 Å². The normalized spacial score (nSPS) is 10.7. The molecule has 8 heteroatoms. The molecule has 0 radical (unpaired) electrons. The molecule has 1 N–H and O–H groups in total. The number of anilines is 1. The molecule has 0 spiro atoms. The van der Waals surface area contributed by atoms with Gasteiger partial charge in [-0.25, -0.2) is 9.78 Å². The zero-order valence-electron chi connectivity index (χ0n) is 14.6. The van der Waals surface area contributed by atoms with Crippen LogP contribution in [-0.4, -0.2) is 26.6 Å². The summed E-state index contributed by atoms with van der Waals surface area (Å²) in [4.78, 5) is 40.4. The summed E-state index contributed by atoms with van der Waals surface area (Å²) in [6.45, 7) is 1.72. The average Bonchev–Trinajstić information content (AvgIpc) is 2.64. The molecule has 1 amide bonds. The number of ether oxygens (including phenoxy) is 1. The van der Waals surface area contributed by atoms with Crippen LogP contribution in [0.4, 0.5) is 5.69 Å². The Balaban J connectivity index is 1.81. The lowest BCUT2D eigenvalue weighted by molar-refractivity contribution is -0.118. The summed E-state index contributed by atoms with van der Waals surface area (Å²) in [5.74, 6) is 0.249. The molecule has 3 aromatic rings. The van der Waals surface area contributed by atoms with Crippen molar-refractivity contribution in [2.75, 3.05) is 11.9 Å². The number of rotatable bonds is 4. The smallest absolute Gasteiger partial charge is 0.332 e. The van der Waals surface area contributed by atoms with Gasteiger partial charge >= 0.3 is 5.69 Å². The predicted molar refractivity (Wildman–Crippen MR) is 97.5 cm³/mol. The third-order valence-corrected chi connectivity index (χ3v) is 4.03. The largest absolute Gasteiger partial charge is 0.483 e. The van der Waals surface area contributed by atoms with Crippen molar-refractivity contribution in [3.8, 4) is 5.75 Å². The predicted octanol–water partition coefficient (Wildman–Crippen LogP) is 0.958. The molecule has 3 rings (SSSR count). The van der Waals surface area contributed by atoms with E-state index in [1.54, 1.807) is 6.07 Å². The first-order valence-electron chi connectivity index (χ1n) is 7.92. The SMILES string of the molecule is Cc1ccccc1OCC(=O)Nc1cnc2c(c1)c(=O)n(C)c(=O)n2C. The van der Waals surface area contributed by atoms with Crippen molar-refractivity contribution in [2.45, 2.75) is 6.92 Å². The number of para-hydroxylation sites is 1. The molecule has 2 heterocycles. The monoisotopic (exact) mass is 354 g/mol. The number of hydrogen-bond donors (Lipinski definition) is 1. The number of carbonyl (C=O) groups is 1. The van der Waals surface area contributed by atoms with Crippen molar-refractivity contribution in [1.82, 2.24) is 14.1 Å². The van der Waals surface area contributed by atoms with Gasteiger partial charge < -0.3 is 10.1 Å². The number of carbonyl (C=O) groups excluding carboxylic acids is 1. The van der Waals surface area contributed by atoms with Crippen LogP contribution >= 0.6 is 0 Å². The van der Waals surface area contributed by atoms with Crippen molar-refractivity contribution in [1.29, 1.82) is 0 Å². The topological polar surface area (TPSA) is 95.2 Å². The second-order valence-corrected chi connectivity index (χ2v) is 5.90. The van der Waals surface area contributed by atoms with E-state index in [9.17, 15) is 14.4 Å². The van der Waals surface area contributed by atoms with Crippen molar-refractivity contribution in [3.05, 3.63) is 62.9 Å². The zero-order chi connectivity index (χ0) is 18.8.